The van der Waals surface area contributed by atoms with E-state index in [0.29, 0.717) is 17.2 Å². The molecular formula is C17H23ClO2. The number of allylic oxidation sites excluding steroid dienone is 2. The van der Waals surface area contributed by atoms with Crippen LogP contribution >= 0.6 is 11.6 Å². The van der Waals surface area contributed by atoms with E-state index >= 15 is 0 Å². The Kier molecular flexibility index (Phi) is 8.81. The fraction of sp³-hybridized carbons (Fsp3) is 0.471. The van der Waals surface area contributed by atoms with Crippen LogP contribution in [-0.4, -0.2) is 12.6 Å². The molecule has 0 fully saturated rings. The van der Waals surface area contributed by atoms with Crippen LogP contribution in [0.15, 0.2) is 36.4 Å². The largest absolute Gasteiger partial charge is 0.462 e. The molecule has 3 heteroatoms. The quantitative estimate of drug-likeness (QED) is 0.345. The first-order chi connectivity index (χ1) is 9.74. The van der Waals surface area contributed by atoms with Crippen molar-refractivity contribution in [2.24, 2.45) is 0 Å². The van der Waals surface area contributed by atoms with Crippen molar-refractivity contribution >= 4 is 17.6 Å². The number of rotatable bonds is 9. The molecule has 1 aromatic carbocycles. The van der Waals surface area contributed by atoms with E-state index in [1.807, 2.05) is 0 Å². The minimum Gasteiger partial charge on any atom is -0.462 e. The Balaban J connectivity index is 2.11. The fourth-order valence-corrected chi connectivity index (χ4v) is 2.00. The first-order valence-electron chi connectivity index (χ1n) is 7.31. The Hall–Kier alpha value is -1.28. The van der Waals surface area contributed by atoms with Gasteiger partial charge in [-0.15, -0.1) is 0 Å². The summed E-state index contributed by atoms with van der Waals surface area (Å²) in [5, 5.41) is 0.550. The van der Waals surface area contributed by atoms with Crippen molar-refractivity contribution in [2.75, 3.05) is 6.61 Å². The summed E-state index contributed by atoms with van der Waals surface area (Å²) in [7, 11) is 0. The summed E-state index contributed by atoms with van der Waals surface area (Å²) in [5.74, 6) is -0.306. The highest BCUT2D eigenvalue weighted by atomic mass is 35.5. The Morgan fingerprint density at radius 1 is 1.20 bits per heavy atom. The highest BCUT2D eigenvalue weighted by molar-refractivity contribution is 6.30. The predicted molar refractivity (Wildman–Crippen MR) is 84.3 cm³/mol. The topological polar surface area (TPSA) is 26.3 Å². The van der Waals surface area contributed by atoms with Gasteiger partial charge >= 0.3 is 5.97 Å². The lowest BCUT2D eigenvalue weighted by molar-refractivity contribution is 0.0501. The smallest absolute Gasteiger partial charge is 0.338 e. The molecule has 0 heterocycles. The van der Waals surface area contributed by atoms with Gasteiger partial charge in [0, 0.05) is 5.02 Å². The molecule has 0 unspecified atom stereocenters. The maximum Gasteiger partial charge on any atom is 0.338 e. The van der Waals surface area contributed by atoms with Gasteiger partial charge in [0.2, 0.25) is 0 Å². The number of ether oxygens (including phenoxy) is 1. The van der Waals surface area contributed by atoms with E-state index in [2.05, 4.69) is 19.1 Å². The monoisotopic (exact) mass is 294 g/mol. The molecule has 0 aliphatic carbocycles. The van der Waals surface area contributed by atoms with Crippen molar-refractivity contribution in [1.29, 1.82) is 0 Å². The maximum absolute atomic E-state index is 11.7. The molecule has 0 atom stereocenters. The van der Waals surface area contributed by atoms with Crippen molar-refractivity contribution in [2.45, 2.75) is 45.4 Å². The van der Waals surface area contributed by atoms with Gasteiger partial charge in [0.25, 0.3) is 0 Å². The van der Waals surface area contributed by atoms with Crippen LogP contribution in [0.3, 0.4) is 0 Å². The van der Waals surface area contributed by atoms with Gasteiger partial charge in [-0.3, -0.25) is 0 Å². The number of hydrogen-bond acceptors (Lipinski definition) is 2. The van der Waals surface area contributed by atoms with Gasteiger partial charge in [-0.1, -0.05) is 49.6 Å². The van der Waals surface area contributed by atoms with Gasteiger partial charge in [-0.05, 0) is 43.9 Å². The van der Waals surface area contributed by atoms with Gasteiger partial charge in [0.15, 0.2) is 0 Å². The molecule has 20 heavy (non-hydrogen) atoms. The van der Waals surface area contributed by atoms with Crippen LogP contribution in [0.4, 0.5) is 0 Å². The van der Waals surface area contributed by atoms with Gasteiger partial charge in [-0.25, -0.2) is 4.79 Å². The molecule has 0 spiro atoms. The molecular weight excluding hydrogens is 272 g/mol. The van der Waals surface area contributed by atoms with E-state index in [1.54, 1.807) is 24.3 Å². The number of benzene rings is 1. The van der Waals surface area contributed by atoms with Crippen LogP contribution in [0, 0.1) is 0 Å². The Bertz CT molecular complexity index is 427. The summed E-state index contributed by atoms with van der Waals surface area (Å²) in [6, 6.07) is 6.82. The maximum atomic E-state index is 11.7. The second-order valence-electron chi connectivity index (χ2n) is 4.76. The molecule has 0 N–H and O–H groups in total. The second-order valence-corrected chi connectivity index (χ2v) is 5.19. The highest BCUT2D eigenvalue weighted by Crippen LogP contribution is 2.11. The van der Waals surface area contributed by atoms with E-state index < -0.39 is 0 Å². The van der Waals surface area contributed by atoms with Crippen LogP contribution in [0.5, 0.6) is 0 Å². The van der Waals surface area contributed by atoms with Crippen LogP contribution in [0.25, 0.3) is 0 Å². The van der Waals surface area contributed by atoms with E-state index in [9.17, 15) is 4.79 Å². The van der Waals surface area contributed by atoms with Crippen LogP contribution < -0.4 is 0 Å². The zero-order valence-corrected chi connectivity index (χ0v) is 12.9. The SMILES string of the molecule is CCCCC/C=C\CCCOC(=O)c1cccc(Cl)c1. The summed E-state index contributed by atoms with van der Waals surface area (Å²) in [6.45, 7) is 2.66. The molecule has 1 rings (SSSR count). The molecule has 1 aromatic rings. The normalized spacial score (nSPS) is 10.9. The van der Waals surface area contributed by atoms with Gasteiger partial charge in [0.05, 0.1) is 12.2 Å². The number of unbranched alkanes of at least 4 members (excludes halogenated alkanes) is 4. The third kappa shape index (κ3) is 7.34. The van der Waals surface area contributed by atoms with Crippen molar-refractivity contribution in [3.63, 3.8) is 0 Å². The minimum atomic E-state index is -0.306. The summed E-state index contributed by atoms with van der Waals surface area (Å²) in [6.07, 6.45) is 11.2. The molecule has 2 nitrogen and oxygen atoms in total. The van der Waals surface area contributed by atoms with Crippen molar-refractivity contribution in [3.8, 4) is 0 Å². The molecule has 0 radical (unpaired) electrons. The van der Waals surface area contributed by atoms with E-state index in [-0.39, 0.29) is 5.97 Å². The van der Waals surface area contributed by atoms with Crippen LogP contribution in [0.1, 0.15) is 55.8 Å². The van der Waals surface area contributed by atoms with Gasteiger partial charge < -0.3 is 4.74 Å². The number of esters is 1. The molecule has 0 bridgehead atoms. The van der Waals surface area contributed by atoms with Gasteiger partial charge in [-0.2, -0.15) is 0 Å². The summed E-state index contributed by atoms with van der Waals surface area (Å²) in [4.78, 5) is 11.7. The van der Waals surface area contributed by atoms with Crippen molar-refractivity contribution in [3.05, 3.63) is 47.0 Å². The zero-order chi connectivity index (χ0) is 14.6. The lowest BCUT2D eigenvalue weighted by atomic mass is 10.2. The van der Waals surface area contributed by atoms with Crippen LogP contribution in [0.2, 0.25) is 5.02 Å². The lowest BCUT2D eigenvalue weighted by Gasteiger charge is -2.03. The summed E-state index contributed by atoms with van der Waals surface area (Å²) < 4.78 is 5.20. The molecule has 0 aliphatic heterocycles. The predicted octanol–water partition coefficient (Wildman–Crippen LogP) is 5.41. The number of carbonyl (C=O) groups is 1. The van der Waals surface area contributed by atoms with Crippen molar-refractivity contribution < 1.29 is 9.53 Å². The lowest BCUT2D eigenvalue weighted by Crippen LogP contribution is -2.06. The Morgan fingerprint density at radius 3 is 2.65 bits per heavy atom. The summed E-state index contributed by atoms with van der Waals surface area (Å²) in [5.41, 5.74) is 0.507. The molecule has 0 saturated heterocycles. The van der Waals surface area contributed by atoms with E-state index in [4.69, 9.17) is 16.3 Å². The number of hydrogen-bond donors (Lipinski definition) is 0. The summed E-state index contributed by atoms with van der Waals surface area (Å²) >= 11 is 5.83. The zero-order valence-electron chi connectivity index (χ0n) is 12.1. The standard InChI is InChI=1S/C17H23ClO2/c1-2-3-4-5-6-7-8-9-13-20-17(19)15-11-10-12-16(18)14-15/h6-7,10-12,14H,2-5,8-9,13H2,1H3/b7-6-. The Labute approximate surface area is 126 Å². The average Bonchev–Trinajstić information content (AvgIpc) is 2.45. The molecule has 0 saturated carbocycles. The van der Waals surface area contributed by atoms with E-state index in [1.165, 1.54) is 19.3 Å². The van der Waals surface area contributed by atoms with Crippen LogP contribution in [-0.2, 0) is 4.74 Å². The molecule has 0 amide bonds. The molecule has 0 aromatic heterocycles. The molecule has 0 aliphatic rings. The minimum absolute atomic E-state index is 0.306. The molecule has 110 valence electrons. The average molecular weight is 295 g/mol. The van der Waals surface area contributed by atoms with E-state index in [0.717, 1.165) is 19.3 Å². The first kappa shape index (κ1) is 16.8. The third-order valence-corrected chi connectivity index (χ3v) is 3.18. The highest BCUT2D eigenvalue weighted by Gasteiger charge is 2.06. The van der Waals surface area contributed by atoms with Crippen molar-refractivity contribution in [1.82, 2.24) is 0 Å². The first-order valence-corrected chi connectivity index (χ1v) is 7.69. The second kappa shape index (κ2) is 10.5. The number of halogens is 1. The fourth-order valence-electron chi connectivity index (χ4n) is 1.81. The number of carbonyl (C=O) groups excluding carboxylic acids is 1. The Morgan fingerprint density at radius 2 is 1.95 bits per heavy atom. The van der Waals surface area contributed by atoms with Gasteiger partial charge in [0.1, 0.15) is 0 Å². The third-order valence-electron chi connectivity index (χ3n) is 2.95.